The van der Waals surface area contributed by atoms with Crippen LogP contribution in [0.4, 0.5) is 0 Å². The first-order valence-electron chi connectivity index (χ1n) is 6.14. The Balaban J connectivity index is 2.32. The van der Waals surface area contributed by atoms with Crippen LogP contribution in [0.15, 0.2) is 42.5 Å². The van der Waals surface area contributed by atoms with Gasteiger partial charge in [0, 0.05) is 6.42 Å². The molecule has 0 unspecified atom stereocenters. The Morgan fingerprint density at radius 2 is 1.68 bits per heavy atom. The molecule has 0 bridgehead atoms. The summed E-state index contributed by atoms with van der Waals surface area (Å²) in [5, 5.41) is 19.0. The quantitative estimate of drug-likeness (QED) is 0.489. The van der Waals surface area contributed by atoms with Crippen molar-refractivity contribution in [2.75, 3.05) is 0 Å². The highest BCUT2D eigenvalue weighted by atomic mass is 31.2. The van der Waals surface area contributed by atoms with E-state index >= 15 is 0 Å². The highest BCUT2D eigenvalue weighted by Gasteiger charge is 2.24. The van der Waals surface area contributed by atoms with Crippen LogP contribution in [-0.2, 0) is 11.0 Å². The molecule has 0 radical (unpaired) electrons. The number of Topliss-reactive ketones (excluding diaryl/α,β-unsaturated/α-hetero) is 1. The fraction of sp³-hybridized carbons (Fsp3) is 0.0714. The largest absolute Gasteiger partial charge is 0.524 e. The minimum absolute atomic E-state index is 0.0456. The third-order valence-electron chi connectivity index (χ3n) is 2.80. The maximum atomic E-state index is 12.3. The van der Waals surface area contributed by atoms with Crippen molar-refractivity contribution in [2.24, 2.45) is 0 Å². The number of rotatable bonds is 5. The molecule has 116 valence electrons. The van der Waals surface area contributed by atoms with Gasteiger partial charge in [-0.2, -0.15) is 0 Å². The number of hydrogen-bond donors (Lipinski definition) is 4. The number of carbonyl (C=O) groups excluding carboxylic acids is 1. The van der Waals surface area contributed by atoms with Crippen molar-refractivity contribution < 1.29 is 33.9 Å². The molecule has 0 heterocycles. The Morgan fingerprint density at radius 1 is 1.05 bits per heavy atom. The van der Waals surface area contributed by atoms with Gasteiger partial charge in [-0.15, -0.1) is 0 Å². The Hall–Kier alpha value is -2.34. The van der Waals surface area contributed by atoms with Crippen molar-refractivity contribution in [3.05, 3.63) is 53.6 Å². The van der Waals surface area contributed by atoms with Gasteiger partial charge in [-0.05, 0) is 29.8 Å². The van der Waals surface area contributed by atoms with Gasteiger partial charge in [-0.3, -0.25) is 14.6 Å². The molecule has 0 saturated heterocycles. The molecule has 0 saturated carbocycles. The molecule has 0 spiro atoms. The van der Waals surface area contributed by atoms with Gasteiger partial charge in [-0.25, -0.2) is 4.57 Å². The Labute approximate surface area is 125 Å². The zero-order valence-corrected chi connectivity index (χ0v) is 12.1. The minimum atomic E-state index is -4.86. The summed E-state index contributed by atoms with van der Waals surface area (Å²) in [5.41, 5.74) is 0.257. The lowest BCUT2D eigenvalue weighted by Gasteiger charge is -2.12. The standard InChI is InChI=1S/C14H13O7P/c15-10-6-4-9(5-7-10)8-12(17)14-11(16)2-1-3-13(14)21-22(18,19)20/h1-7,15-16H,8H2,(H2,18,19,20). The lowest BCUT2D eigenvalue weighted by atomic mass is 10.0. The summed E-state index contributed by atoms with van der Waals surface area (Å²) in [6.45, 7) is 0. The van der Waals surface area contributed by atoms with Crippen molar-refractivity contribution in [3.8, 4) is 17.2 Å². The molecule has 4 N–H and O–H groups in total. The fourth-order valence-corrected chi connectivity index (χ4v) is 2.30. The Bertz CT molecular complexity index is 733. The van der Waals surface area contributed by atoms with Gasteiger partial charge < -0.3 is 14.7 Å². The molecule has 2 aromatic rings. The predicted octanol–water partition coefficient (Wildman–Crippen LogP) is 1.99. The van der Waals surface area contributed by atoms with Gasteiger partial charge in [0.2, 0.25) is 0 Å². The summed E-state index contributed by atoms with van der Waals surface area (Å²) in [4.78, 5) is 30.0. The minimum Gasteiger partial charge on any atom is -0.508 e. The normalized spacial score (nSPS) is 11.2. The van der Waals surface area contributed by atoms with Gasteiger partial charge in [0.25, 0.3) is 0 Å². The second-order valence-electron chi connectivity index (χ2n) is 4.50. The number of carbonyl (C=O) groups is 1. The number of benzene rings is 2. The van der Waals surface area contributed by atoms with Gasteiger partial charge in [0.1, 0.15) is 22.8 Å². The molecule has 0 aliphatic carbocycles. The first-order chi connectivity index (χ1) is 10.3. The Kier molecular flexibility index (Phi) is 4.51. The first kappa shape index (κ1) is 16.0. The van der Waals surface area contributed by atoms with Crippen LogP contribution >= 0.6 is 7.82 Å². The zero-order valence-electron chi connectivity index (χ0n) is 11.2. The van der Waals surface area contributed by atoms with Gasteiger partial charge in [0.05, 0.1) is 0 Å². The highest BCUT2D eigenvalue weighted by molar-refractivity contribution is 7.46. The van der Waals surface area contributed by atoms with Crippen LogP contribution in [0.3, 0.4) is 0 Å². The lowest BCUT2D eigenvalue weighted by molar-refractivity contribution is 0.0988. The van der Waals surface area contributed by atoms with Crippen LogP contribution in [0.25, 0.3) is 0 Å². The van der Waals surface area contributed by atoms with E-state index in [4.69, 9.17) is 9.79 Å². The third-order valence-corrected chi connectivity index (χ3v) is 3.24. The second-order valence-corrected chi connectivity index (χ2v) is 5.66. The first-order valence-corrected chi connectivity index (χ1v) is 7.67. The van der Waals surface area contributed by atoms with Crippen molar-refractivity contribution >= 4 is 13.6 Å². The van der Waals surface area contributed by atoms with E-state index in [2.05, 4.69) is 4.52 Å². The average Bonchev–Trinajstić information content (AvgIpc) is 2.39. The molecular formula is C14H13O7P. The smallest absolute Gasteiger partial charge is 0.508 e. The van der Waals surface area contributed by atoms with E-state index in [1.54, 1.807) is 0 Å². The molecule has 0 aromatic heterocycles. The van der Waals surface area contributed by atoms with Gasteiger partial charge in [0.15, 0.2) is 5.78 Å². The molecular weight excluding hydrogens is 311 g/mol. The molecule has 8 heteroatoms. The van der Waals surface area contributed by atoms with E-state index in [-0.39, 0.29) is 17.7 Å². The van der Waals surface area contributed by atoms with E-state index in [1.807, 2.05) is 0 Å². The van der Waals surface area contributed by atoms with Crippen molar-refractivity contribution in [1.82, 2.24) is 0 Å². The van der Waals surface area contributed by atoms with Crippen molar-refractivity contribution in [2.45, 2.75) is 6.42 Å². The summed E-state index contributed by atoms with van der Waals surface area (Å²) in [6, 6.07) is 9.56. The molecule has 0 aliphatic heterocycles. The van der Waals surface area contributed by atoms with E-state index in [0.717, 1.165) is 0 Å². The maximum Gasteiger partial charge on any atom is 0.524 e. The summed E-state index contributed by atoms with van der Waals surface area (Å²) in [5.74, 6) is -1.36. The highest BCUT2D eigenvalue weighted by Crippen LogP contribution is 2.41. The van der Waals surface area contributed by atoms with Crippen molar-refractivity contribution in [3.63, 3.8) is 0 Å². The van der Waals surface area contributed by atoms with Gasteiger partial charge in [-0.1, -0.05) is 18.2 Å². The zero-order chi connectivity index (χ0) is 16.3. The number of hydrogen-bond acceptors (Lipinski definition) is 5. The van der Waals surface area contributed by atoms with Crippen LogP contribution in [0.2, 0.25) is 0 Å². The number of phosphoric acid groups is 1. The molecule has 7 nitrogen and oxygen atoms in total. The van der Waals surface area contributed by atoms with Crippen LogP contribution < -0.4 is 4.52 Å². The number of phenolic OH excluding ortho intramolecular Hbond substituents is 2. The lowest BCUT2D eigenvalue weighted by Crippen LogP contribution is -2.06. The topological polar surface area (TPSA) is 124 Å². The van der Waals surface area contributed by atoms with E-state index in [0.29, 0.717) is 5.56 Å². The summed E-state index contributed by atoms with van der Waals surface area (Å²) >= 11 is 0. The van der Waals surface area contributed by atoms with Crippen LogP contribution in [0, 0.1) is 0 Å². The molecule has 2 rings (SSSR count). The number of aromatic hydroxyl groups is 2. The van der Waals surface area contributed by atoms with Crippen LogP contribution in [-0.4, -0.2) is 25.8 Å². The molecule has 0 fully saturated rings. The fourth-order valence-electron chi connectivity index (χ4n) is 1.89. The van der Waals surface area contributed by atoms with Crippen molar-refractivity contribution in [1.29, 1.82) is 0 Å². The van der Waals surface area contributed by atoms with E-state index < -0.39 is 25.1 Å². The molecule has 0 atom stereocenters. The van der Waals surface area contributed by atoms with Crippen LogP contribution in [0.1, 0.15) is 15.9 Å². The van der Waals surface area contributed by atoms with E-state index in [9.17, 15) is 19.6 Å². The summed E-state index contributed by atoms with van der Waals surface area (Å²) in [6.07, 6.45) is -0.130. The number of ketones is 1. The number of phosphoric ester groups is 1. The predicted molar refractivity (Wildman–Crippen MR) is 76.9 cm³/mol. The Morgan fingerprint density at radius 3 is 2.27 bits per heavy atom. The average molecular weight is 324 g/mol. The summed E-state index contributed by atoms with van der Waals surface area (Å²) < 4.78 is 15.4. The molecule has 0 aliphatic rings. The molecule has 22 heavy (non-hydrogen) atoms. The monoisotopic (exact) mass is 324 g/mol. The maximum absolute atomic E-state index is 12.3. The summed E-state index contributed by atoms with van der Waals surface area (Å²) in [7, 11) is -4.86. The third kappa shape index (κ3) is 4.08. The van der Waals surface area contributed by atoms with Crippen LogP contribution in [0.5, 0.6) is 17.2 Å². The molecule has 0 amide bonds. The second kappa shape index (κ2) is 6.19. The molecule has 2 aromatic carbocycles. The SMILES string of the molecule is O=C(Cc1ccc(O)cc1)c1c(O)cccc1OP(=O)(O)O. The number of phenols is 2. The van der Waals surface area contributed by atoms with E-state index in [1.165, 1.54) is 42.5 Å². The van der Waals surface area contributed by atoms with Gasteiger partial charge >= 0.3 is 7.82 Å².